The standard InChI is InChI=1S/C20H28BrN2O4S/c1-5-18(23(10-7-11-24)14-27-20(2,3)4)28(25,26)17-9-6-8-15-12-22-13-16(21)19(15)17/h5-6,8-9,12-13,18,24H,7,10-11,14H2,1-4H3/t18-/m0/s1. The quantitative estimate of drug-likeness (QED) is 0.560. The Balaban J connectivity index is 2.50. The maximum atomic E-state index is 13.6. The van der Waals surface area contributed by atoms with Crippen molar-refractivity contribution in [1.29, 1.82) is 0 Å². The van der Waals surface area contributed by atoms with Crippen LogP contribution < -0.4 is 0 Å². The molecule has 0 aliphatic rings. The first-order valence-corrected chi connectivity index (χ1v) is 11.5. The van der Waals surface area contributed by atoms with Crippen LogP contribution in [0.1, 0.15) is 34.1 Å². The van der Waals surface area contributed by atoms with Gasteiger partial charge in [-0.05, 0) is 55.6 Å². The van der Waals surface area contributed by atoms with Gasteiger partial charge in [0, 0.05) is 40.8 Å². The van der Waals surface area contributed by atoms with Gasteiger partial charge in [-0.25, -0.2) is 8.42 Å². The van der Waals surface area contributed by atoms with E-state index in [-0.39, 0.29) is 18.2 Å². The van der Waals surface area contributed by atoms with E-state index < -0.39 is 20.8 Å². The van der Waals surface area contributed by atoms with Crippen LogP contribution in [0, 0.1) is 6.42 Å². The second-order valence-electron chi connectivity index (χ2n) is 7.52. The van der Waals surface area contributed by atoms with Gasteiger partial charge in [0.25, 0.3) is 0 Å². The van der Waals surface area contributed by atoms with Gasteiger partial charge in [-0.1, -0.05) is 19.1 Å². The summed E-state index contributed by atoms with van der Waals surface area (Å²) in [5, 5.41) is 9.74. The van der Waals surface area contributed by atoms with Crippen molar-refractivity contribution in [3.8, 4) is 0 Å². The van der Waals surface area contributed by atoms with Crippen LogP contribution in [0.15, 0.2) is 40.0 Å². The van der Waals surface area contributed by atoms with E-state index in [2.05, 4.69) is 20.9 Å². The molecule has 1 N–H and O–H groups in total. The average Bonchev–Trinajstić information content (AvgIpc) is 2.63. The highest BCUT2D eigenvalue weighted by Crippen LogP contribution is 2.32. The minimum Gasteiger partial charge on any atom is -0.396 e. The van der Waals surface area contributed by atoms with Gasteiger partial charge in [0.1, 0.15) is 12.1 Å². The molecule has 1 heterocycles. The molecule has 2 aromatic rings. The monoisotopic (exact) mass is 471 g/mol. The third-order valence-electron chi connectivity index (χ3n) is 4.24. The van der Waals surface area contributed by atoms with Crippen molar-refractivity contribution in [2.24, 2.45) is 0 Å². The lowest BCUT2D eigenvalue weighted by molar-refractivity contribution is -0.0660. The molecule has 1 aromatic carbocycles. The van der Waals surface area contributed by atoms with Crippen molar-refractivity contribution in [2.75, 3.05) is 19.9 Å². The van der Waals surface area contributed by atoms with E-state index in [0.717, 1.165) is 5.39 Å². The van der Waals surface area contributed by atoms with Crippen molar-refractivity contribution in [3.63, 3.8) is 0 Å². The Morgan fingerprint density at radius 1 is 1.32 bits per heavy atom. The molecule has 0 spiro atoms. The molecule has 6 nitrogen and oxygen atoms in total. The van der Waals surface area contributed by atoms with Crippen LogP contribution >= 0.6 is 15.9 Å². The third kappa shape index (κ3) is 5.51. The predicted octanol–water partition coefficient (Wildman–Crippen LogP) is 3.78. The molecule has 0 aliphatic heterocycles. The average molecular weight is 472 g/mol. The number of fused-ring (bicyclic) bond motifs is 1. The predicted molar refractivity (Wildman–Crippen MR) is 115 cm³/mol. The lowest BCUT2D eigenvalue weighted by Crippen LogP contribution is -2.44. The molecule has 155 valence electrons. The number of aliphatic hydroxyl groups is 1. The topological polar surface area (TPSA) is 79.7 Å². The molecule has 1 atom stereocenters. The van der Waals surface area contributed by atoms with Crippen molar-refractivity contribution < 1.29 is 18.3 Å². The van der Waals surface area contributed by atoms with Gasteiger partial charge in [0.15, 0.2) is 9.84 Å². The van der Waals surface area contributed by atoms with E-state index in [9.17, 15) is 13.5 Å². The maximum Gasteiger partial charge on any atom is 0.195 e. The van der Waals surface area contributed by atoms with Crippen molar-refractivity contribution in [2.45, 2.75) is 50.0 Å². The molecule has 0 aliphatic carbocycles. The van der Waals surface area contributed by atoms with Gasteiger partial charge >= 0.3 is 0 Å². The molecule has 0 bridgehead atoms. The van der Waals surface area contributed by atoms with Crippen LogP contribution in [-0.4, -0.2) is 54.3 Å². The van der Waals surface area contributed by atoms with Crippen molar-refractivity contribution in [3.05, 3.63) is 41.5 Å². The number of nitrogens with zero attached hydrogens (tertiary/aromatic N) is 2. The number of ether oxygens (including phenoxy) is 1. The van der Waals surface area contributed by atoms with Gasteiger partial charge in [0.2, 0.25) is 0 Å². The molecule has 1 aromatic heterocycles. The van der Waals surface area contributed by atoms with Crippen LogP contribution in [0.25, 0.3) is 10.8 Å². The van der Waals surface area contributed by atoms with Gasteiger partial charge in [-0.2, -0.15) is 0 Å². The number of pyridine rings is 1. The van der Waals surface area contributed by atoms with Gasteiger partial charge in [-0.15, -0.1) is 0 Å². The van der Waals surface area contributed by atoms with Crippen molar-refractivity contribution >= 4 is 36.5 Å². The number of benzene rings is 1. The summed E-state index contributed by atoms with van der Waals surface area (Å²) in [5.74, 6) is 0. The highest BCUT2D eigenvalue weighted by atomic mass is 79.9. The van der Waals surface area contributed by atoms with Crippen molar-refractivity contribution in [1.82, 2.24) is 9.88 Å². The summed E-state index contributed by atoms with van der Waals surface area (Å²) in [5.41, 5.74) is -0.409. The summed E-state index contributed by atoms with van der Waals surface area (Å²) in [4.78, 5) is 6.11. The fourth-order valence-electron chi connectivity index (χ4n) is 2.93. The molecule has 0 amide bonds. The van der Waals surface area contributed by atoms with E-state index in [1.54, 1.807) is 42.8 Å². The molecular formula is C20H28BrN2O4S. The number of hydrogen-bond acceptors (Lipinski definition) is 6. The van der Waals surface area contributed by atoms with Gasteiger partial charge in [0.05, 0.1) is 10.5 Å². The van der Waals surface area contributed by atoms with E-state index in [0.29, 0.717) is 22.8 Å². The highest BCUT2D eigenvalue weighted by Gasteiger charge is 2.34. The summed E-state index contributed by atoms with van der Waals surface area (Å²) in [6, 6.07) is 5.18. The van der Waals surface area contributed by atoms with Crippen LogP contribution in [0.2, 0.25) is 0 Å². The number of rotatable bonds is 9. The zero-order valence-corrected chi connectivity index (χ0v) is 19.1. The molecule has 0 saturated carbocycles. The minimum absolute atomic E-state index is 0.0199. The van der Waals surface area contributed by atoms with E-state index in [4.69, 9.17) is 4.74 Å². The number of sulfone groups is 1. The van der Waals surface area contributed by atoms with E-state index in [1.165, 1.54) is 0 Å². The minimum atomic E-state index is -3.75. The number of aromatic nitrogens is 1. The summed E-state index contributed by atoms with van der Waals surface area (Å²) in [6.45, 7) is 8.02. The zero-order valence-electron chi connectivity index (χ0n) is 16.7. The molecular weight excluding hydrogens is 444 g/mol. The van der Waals surface area contributed by atoms with E-state index in [1.807, 2.05) is 26.8 Å². The Kier molecular flexibility index (Phi) is 7.98. The molecule has 2 rings (SSSR count). The molecule has 28 heavy (non-hydrogen) atoms. The Labute approximate surface area is 176 Å². The van der Waals surface area contributed by atoms with Gasteiger partial charge in [-0.3, -0.25) is 9.88 Å². The second-order valence-corrected chi connectivity index (χ2v) is 10.4. The molecule has 0 fully saturated rings. The van der Waals surface area contributed by atoms with E-state index >= 15 is 0 Å². The zero-order chi connectivity index (χ0) is 20.9. The summed E-state index contributed by atoms with van der Waals surface area (Å²) < 4.78 is 33.7. The first kappa shape index (κ1) is 23.2. The first-order valence-electron chi connectivity index (χ1n) is 9.16. The molecule has 1 radical (unpaired) electrons. The lowest BCUT2D eigenvalue weighted by atomic mass is 10.2. The van der Waals surface area contributed by atoms with Crippen LogP contribution in [-0.2, 0) is 14.6 Å². The first-order chi connectivity index (χ1) is 13.1. The smallest absolute Gasteiger partial charge is 0.195 e. The summed E-state index contributed by atoms with van der Waals surface area (Å²) >= 11 is 3.44. The number of halogens is 1. The Hall–Kier alpha value is -1.06. The Morgan fingerprint density at radius 3 is 2.64 bits per heavy atom. The summed E-state index contributed by atoms with van der Waals surface area (Å²) in [7, 11) is -3.75. The molecule has 0 unspecified atom stereocenters. The van der Waals surface area contributed by atoms with Crippen LogP contribution in [0.5, 0.6) is 0 Å². The normalized spacial score (nSPS) is 14.0. The maximum absolute atomic E-state index is 13.6. The second kappa shape index (κ2) is 9.63. The Morgan fingerprint density at radius 2 is 2.04 bits per heavy atom. The van der Waals surface area contributed by atoms with Crippen LogP contribution in [0.3, 0.4) is 0 Å². The lowest BCUT2D eigenvalue weighted by Gasteiger charge is -2.33. The Bertz CT molecular complexity index is 891. The largest absolute Gasteiger partial charge is 0.396 e. The van der Waals surface area contributed by atoms with Crippen LogP contribution in [0.4, 0.5) is 0 Å². The fourth-order valence-corrected chi connectivity index (χ4v) is 5.58. The number of aliphatic hydroxyl groups excluding tert-OH is 1. The SMILES string of the molecule is C[CH][C@@H](N(CCCO)COC(C)(C)C)S(=O)(=O)c1cccc2cncc(Br)c12. The van der Waals surface area contributed by atoms with Gasteiger partial charge < -0.3 is 9.84 Å². The molecule has 0 saturated heterocycles. The third-order valence-corrected chi connectivity index (χ3v) is 7.00. The number of hydrogen-bond donors (Lipinski definition) is 1. The fraction of sp³-hybridized carbons (Fsp3) is 0.500. The molecule has 8 heteroatoms. The highest BCUT2D eigenvalue weighted by molar-refractivity contribution is 9.10. The summed E-state index contributed by atoms with van der Waals surface area (Å²) in [6.07, 6.45) is 5.36.